The van der Waals surface area contributed by atoms with E-state index in [2.05, 4.69) is 5.32 Å². The predicted octanol–water partition coefficient (Wildman–Crippen LogP) is 2.66. The first kappa shape index (κ1) is 20.0. The molecule has 2 aliphatic heterocycles. The van der Waals surface area contributed by atoms with Gasteiger partial charge in [-0.1, -0.05) is 0 Å². The Morgan fingerprint density at radius 2 is 1.83 bits per heavy atom. The molecule has 0 bridgehead atoms. The Morgan fingerprint density at radius 1 is 1.10 bits per heavy atom. The average molecular weight is 413 g/mol. The zero-order valence-electron chi connectivity index (χ0n) is 17.2. The van der Waals surface area contributed by atoms with Gasteiger partial charge in [0.05, 0.1) is 31.0 Å². The van der Waals surface area contributed by atoms with E-state index in [1.807, 2.05) is 11.9 Å². The van der Waals surface area contributed by atoms with Crippen LogP contribution in [0.4, 0.5) is 10.1 Å². The maximum absolute atomic E-state index is 13.6. The molecule has 8 heteroatoms. The molecule has 2 amide bonds. The largest absolute Gasteiger partial charge is 0.497 e. The second-order valence-corrected chi connectivity index (χ2v) is 7.56. The van der Waals surface area contributed by atoms with E-state index in [-0.39, 0.29) is 11.8 Å². The van der Waals surface area contributed by atoms with E-state index in [1.165, 1.54) is 19.2 Å². The molecule has 0 unspecified atom stereocenters. The molecule has 30 heavy (non-hydrogen) atoms. The van der Waals surface area contributed by atoms with Gasteiger partial charge in [-0.05, 0) is 30.3 Å². The summed E-state index contributed by atoms with van der Waals surface area (Å²) in [5.74, 6) is 0.208. The predicted molar refractivity (Wildman–Crippen MR) is 110 cm³/mol. The number of likely N-dealkylation sites (tertiary alicyclic amines) is 1. The van der Waals surface area contributed by atoms with E-state index in [0.29, 0.717) is 54.2 Å². The van der Waals surface area contributed by atoms with E-state index >= 15 is 0 Å². The van der Waals surface area contributed by atoms with Gasteiger partial charge in [0.2, 0.25) is 0 Å². The number of rotatable bonds is 3. The van der Waals surface area contributed by atoms with Gasteiger partial charge in [-0.25, -0.2) is 4.39 Å². The third-order valence-electron chi connectivity index (χ3n) is 6.07. The van der Waals surface area contributed by atoms with Crippen LogP contribution in [0.1, 0.15) is 33.6 Å². The Balaban J connectivity index is 1.53. The molecule has 1 saturated heterocycles. The molecule has 0 atom stereocenters. The van der Waals surface area contributed by atoms with Crippen molar-refractivity contribution in [3.05, 3.63) is 53.3 Å². The van der Waals surface area contributed by atoms with Crippen LogP contribution in [0.5, 0.6) is 11.5 Å². The summed E-state index contributed by atoms with van der Waals surface area (Å²) in [4.78, 5) is 29.5. The highest BCUT2D eigenvalue weighted by Gasteiger charge is 2.45. The van der Waals surface area contributed by atoms with Crippen molar-refractivity contribution in [2.45, 2.75) is 18.5 Å². The molecule has 2 aromatic carbocycles. The number of anilines is 1. The smallest absolute Gasteiger partial charge is 0.257 e. The van der Waals surface area contributed by atoms with Crippen LogP contribution in [0.2, 0.25) is 0 Å². The van der Waals surface area contributed by atoms with Crippen LogP contribution in [0.15, 0.2) is 36.4 Å². The number of carbonyl (C=O) groups excluding carboxylic acids is 2. The molecule has 2 aliphatic rings. The molecule has 1 N–H and O–H groups in total. The van der Waals surface area contributed by atoms with Gasteiger partial charge in [-0.3, -0.25) is 9.59 Å². The summed E-state index contributed by atoms with van der Waals surface area (Å²) in [6.45, 7) is 0.935. The van der Waals surface area contributed by atoms with Crippen molar-refractivity contribution in [2.24, 2.45) is 0 Å². The highest BCUT2D eigenvalue weighted by Crippen LogP contribution is 2.37. The molecule has 158 valence electrons. The molecule has 2 heterocycles. The van der Waals surface area contributed by atoms with E-state index in [1.54, 1.807) is 36.3 Å². The second kappa shape index (κ2) is 7.51. The monoisotopic (exact) mass is 413 g/mol. The lowest BCUT2D eigenvalue weighted by molar-refractivity contribution is 0.0606. The van der Waals surface area contributed by atoms with Crippen LogP contribution in [-0.4, -0.2) is 56.7 Å². The number of benzene rings is 2. The Hall–Kier alpha value is -3.29. The molecule has 4 rings (SSSR count). The van der Waals surface area contributed by atoms with Crippen LogP contribution >= 0.6 is 0 Å². The minimum Gasteiger partial charge on any atom is -0.497 e. The number of carbonyl (C=O) groups is 2. The highest BCUT2D eigenvalue weighted by molar-refractivity contribution is 6.02. The van der Waals surface area contributed by atoms with E-state index in [0.717, 1.165) is 0 Å². The molecule has 2 aromatic rings. The van der Waals surface area contributed by atoms with Gasteiger partial charge in [-0.15, -0.1) is 0 Å². The molecule has 0 radical (unpaired) electrons. The molecule has 0 aromatic heterocycles. The topological polar surface area (TPSA) is 71.1 Å². The number of ether oxygens (including phenoxy) is 2. The minimum absolute atomic E-state index is 0.128. The first-order valence-corrected chi connectivity index (χ1v) is 9.76. The van der Waals surface area contributed by atoms with Crippen molar-refractivity contribution >= 4 is 17.5 Å². The van der Waals surface area contributed by atoms with Gasteiger partial charge < -0.3 is 24.6 Å². The lowest BCUT2D eigenvalue weighted by Crippen LogP contribution is -2.67. The zero-order chi connectivity index (χ0) is 21.5. The van der Waals surface area contributed by atoms with Gasteiger partial charge in [0.25, 0.3) is 11.8 Å². The van der Waals surface area contributed by atoms with Crippen molar-refractivity contribution in [1.82, 2.24) is 10.2 Å². The number of nitrogens with zero attached hydrogens (tertiary/aromatic N) is 2. The maximum atomic E-state index is 13.6. The van der Waals surface area contributed by atoms with E-state index in [9.17, 15) is 14.0 Å². The third-order valence-corrected chi connectivity index (χ3v) is 6.07. The van der Waals surface area contributed by atoms with Gasteiger partial charge >= 0.3 is 0 Å². The molecular weight excluding hydrogens is 389 g/mol. The number of nitrogens with one attached hydrogen (secondary N) is 1. The Morgan fingerprint density at radius 3 is 2.50 bits per heavy atom. The van der Waals surface area contributed by atoms with Crippen molar-refractivity contribution < 1.29 is 23.5 Å². The maximum Gasteiger partial charge on any atom is 0.257 e. The van der Waals surface area contributed by atoms with Crippen LogP contribution in [0.3, 0.4) is 0 Å². The van der Waals surface area contributed by atoms with E-state index < -0.39 is 11.5 Å². The van der Waals surface area contributed by atoms with Crippen LogP contribution < -0.4 is 19.7 Å². The molecule has 0 saturated carbocycles. The zero-order valence-corrected chi connectivity index (χ0v) is 17.2. The Labute approximate surface area is 174 Å². The summed E-state index contributed by atoms with van der Waals surface area (Å²) in [5, 5.41) is 3.04. The van der Waals surface area contributed by atoms with Crippen molar-refractivity contribution in [3.8, 4) is 11.5 Å². The van der Waals surface area contributed by atoms with Crippen molar-refractivity contribution in [3.63, 3.8) is 0 Å². The van der Waals surface area contributed by atoms with Gasteiger partial charge in [0.1, 0.15) is 23.0 Å². The highest BCUT2D eigenvalue weighted by atomic mass is 19.1. The lowest BCUT2D eigenvalue weighted by Gasteiger charge is -2.51. The summed E-state index contributed by atoms with van der Waals surface area (Å²) in [6, 6.07) is 9.35. The quantitative estimate of drug-likeness (QED) is 0.838. The summed E-state index contributed by atoms with van der Waals surface area (Å²) < 4.78 is 24.1. The average Bonchev–Trinajstić information content (AvgIpc) is 2.77. The number of hydrogen-bond donors (Lipinski definition) is 1. The number of amides is 2. The van der Waals surface area contributed by atoms with Crippen LogP contribution in [0, 0.1) is 5.82 Å². The number of piperidine rings is 1. The Bertz CT molecular complexity index is 1000. The summed E-state index contributed by atoms with van der Waals surface area (Å²) in [7, 11) is 4.96. The summed E-state index contributed by atoms with van der Waals surface area (Å²) in [5.41, 5.74) is 0.875. The fourth-order valence-electron chi connectivity index (χ4n) is 4.26. The van der Waals surface area contributed by atoms with Gasteiger partial charge in [0, 0.05) is 39.0 Å². The van der Waals surface area contributed by atoms with Crippen molar-refractivity contribution in [2.75, 3.05) is 39.3 Å². The summed E-state index contributed by atoms with van der Waals surface area (Å²) >= 11 is 0. The fourth-order valence-corrected chi connectivity index (χ4v) is 4.26. The summed E-state index contributed by atoms with van der Waals surface area (Å²) in [6.07, 6.45) is 1.10. The molecule has 1 fully saturated rings. The molecule has 1 spiro atoms. The van der Waals surface area contributed by atoms with Gasteiger partial charge in [0.15, 0.2) is 0 Å². The number of halogens is 1. The standard InChI is InChI=1S/C22H24FN3O4/c1-25-18-7-4-14(23)12-17(18)20(27)24-22(25)8-10-26(11-9-22)21(28)16-6-5-15(29-2)13-19(16)30-3/h4-7,12-13H,8-11H2,1-3H3,(H,24,27). The first-order valence-electron chi connectivity index (χ1n) is 9.76. The van der Waals surface area contributed by atoms with Gasteiger partial charge in [-0.2, -0.15) is 0 Å². The molecular formula is C22H24FN3O4. The number of fused-ring (bicyclic) bond motifs is 1. The molecule has 7 nitrogen and oxygen atoms in total. The fraction of sp³-hybridized carbons (Fsp3) is 0.364. The molecule has 0 aliphatic carbocycles. The van der Waals surface area contributed by atoms with Crippen molar-refractivity contribution in [1.29, 1.82) is 0 Å². The van der Waals surface area contributed by atoms with Crippen LogP contribution in [0.25, 0.3) is 0 Å². The van der Waals surface area contributed by atoms with E-state index in [4.69, 9.17) is 9.47 Å². The number of hydrogen-bond acceptors (Lipinski definition) is 5. The Kier molecular flexibility index (Phi) is 5.01. The first-order chi connectivity index (χ1) is 14.4. The lowest BCUT2D eigenvalue weighted by atomic mass is 9.90. The SMILES string of the molecule is COc1ccc(C(=O)N2CCC3(CC2)NC(=O)c2cc(F)ccc2N3C)c(OC)c1. The third kappa shape index (κ3) is 3.22. The van der Waals surface area contributed by atoms with Crippen LogP contribution in [-0.2, 0) is 0 Å². The number of methoxy groups -OCH3 is 2. The second-order valence-electron chi connectivity index (χ2n) is 7.56. The minimum atomic E-state index is -0.608. The normalized spacial score (nSPS) is 17.4.